The number of rotatable bonds is 8. The first-order valence-corrected chi connectivity index (χ1v) is 14.5. The Bertz CT molecular complexity index is 1320. The Morgan fingerprint density at radius 3 is 2.79 bits per heavy atom. The van der Waals surface area contributed by atoms with Crippen molar-refractivity contribution >= 4 is 28.6 Å². The van der Waals surface area contributed by atoms with Crippen molar-refractivity contribution in [1.29, 1.82) is 0 Å². The highest BCUT2D eigenvalue weighted by Gasteiger charge is 2.25. The van der Waals surface area contributed by atoms with Crippen LogP contribution in [0.1, 0.15) is 87.0 Å². The number of thiocarbonyl (C=S) groups is 1. The smallest absolute Gasteiger partial charge is 0.272 e. The molecule has 6 nitrogen and oxygen atoms in total. The van der Waals surface area contributed by atoms with Crippen molar-refractivity contribution in [3.8, 4) is 11.3 Å². The van der Waals surface area contributed by atoms with E-state index in [2.05, 4.69) is 17.0 Å². The van der Waals surface area contributed by atoms with Crippen LogP contribution in [0.4, 0.5) is 4.39 Å². The maximum atomic E-state index is 15.3. The number of hydrogen-bond acceptors (Lipinski definition) is 5. The Hall–Kier alpha value is -2.71. The van der Waals surface area contributed by atoms with Gasteiger partial charge in [0.05, 0.1) is 11.8 Å². The lowest BCUT2D eigenvalue weighted by Gasteiger charge is -2.27. The summed E-state index contributed by atoms with van der Waals surface area (Å²) < 4.78 is 22.7. The van der Waals surface area contributed by atoms with Crippen molar-refractivity contribution in [2.24, 2.45) is 0 Å². The molecule has 2 aliphatic rings. The van der Waals surface area contributed by atoms with Gasteiger partial charge in [-0.3, -0.25) is 4.79 Å². The second-order valence-corrected chi connectivity index (χ2v) is 11.3. The maximum Gasteiger partial charge on any atom is 0.272 e. The van der Waals surface area contributed by atoms with E-state index in [1.807, 2.05) is 24.0 Å². The number of ether oxygens (including phenoxy) is 1. The molecule has 0 spiro atoms. The summed E-state index contributed by atoms with van der Waals surface area (Å²) in [6, 6.07) is 9.05. The molecule has 2 fully saturated rings. The minimum atomic E-state index is -0.333. The second-order valence-electron chi connectivity index (χ2n) is 10.7. The highest BCUT2D eigenvalue weighted by molar-refractivity contribution is 7.80. The third kappa shape index (κ3) is 5.96. The number of hydrogen-bond donors (Lipinski definition) is 0. The summed E-state index contributed by atoms with van der Waals surface area (Å²) in [6.07, 6.45) is 9.88. The predicted octanol–water partition coefficient (Wildman–Crippen LogP) is 6.37. The molecule has 1 aromatic carbocycles. The molecule has 4 heterocycles. The molecular weight excluding hydrogens is 499 g/mol. The van der Waals surface area contributed by atoms with E-state index in [1.54, 1.807) is 22.7 Å². The van der Waals surface area contributed by atoms with Crippen molar-refractivity contribution in [3.63, 3.8) is 0 Å². The summed E-state index contributed by atoms with van der Waals surface area (Å²) in [4.78, 5) is 21.0. The molecule has 2 saturated heterocycles. The number of benzene rings is 1. The fourth-order valence-electron chi connectivity index (χ4n) is 5.64. The molecule has 8 heteroatoms. The summed E-state index contributed by atoms with van der Waals surface area (Å²) in [5.41, 5.74) is 3.65. The number of amides is 1. The van der Waals surface area contributed by atoms with Gasteiger partial charge < -0.3 is 9.64 Å². The number of nitrogens with zero attached hydrogens (tertiary/aromatic N) is 4. The van der Waals surface area contributed by atoms with Crippen molar-refractivity contribution in [2.75, 3.05) is 13.2 Å². The average Bonchev–Trinajstić information content (AvgIpc) is 3.53. The molecule has 0 N–H and O–H groups in total. The lowest BCUT2D eigenvalue weighted by atomic mass is 10.0. The number of halogens is 1. The molecule has 1 amide bonds. The van der Waals surface area contributed by atoms with Crippen molar-refractivity contribution in [3.05, 3.63) is 53.1 Å². The van der Waals surface area contributed by atoms with Gasteiger partial charge in [-0.2, -0.15) is 5.10 Å². The van der Waals surface area contributed by atoms with Gasteiger partial charge in [0.15, 0.2) is 5.65 Å². The second kappa shape index (κ2) is 12.0. The number of fused-ring (bicyclic) bond motifs is 1. The van der Waals surface area contributed by atoms with Crippen LogP contribution in [0, 0.1) is 5.82 Å². The van der Waals surface area contributed by atoms with Gasteiger partial charge in [0.1, 0.15) is 11.5 Å². The molecule has 0 bridgehead atoms. The van der Waals surface area contributed by atoms with Gasteiger partial charge in [-0.05, 0) is 80.5 Å². The van der Waals surface area contributed by atoms with Gasteiger partial charge >= 0.3 is 0 Å². The highest BCUT2D eigenvalue weighted by atomic mass is 32.1. The Kier molecular flexibility index (Phi) is 8.48. The van der Waals surface area contributed by atoms with E-state index in [1.165, 1.54) is 0 Å². The van der Waals surface area contributed by atoms with Crippen LogP contribution in [0.15, 0.2) is 30.3 Å². The predicted molar refractivity (Wildman–Crippen MR) is 151 cm³/mol. The Morgan fingerprint density at radius 2 is 2.03 bits per heavy atom. The monoisotopic (exact) mass is 536 g/mol. The van der Waals surface area contributed by atoms with E-state index in [9.17, 15) is 4.79 Å². The van der Waals surface area contributed by atoms with E-state index in [4.69, 9.17) is 17.0 Å². The van der Waals surface area contributed by atoms with Crippen LogP contribution in [-0.4, -0.2) is 55.6 Å². The van der Waals surface area contributed by atoms with Gasteiger partial charge in [-0.15, -0.1) is 0 Å². The van der Waals surface area contributed by atoms with E-state index in [-0.39, 0.29) is 17.8 Å². The van der Waals surface area contributed by atoms with Crippen LogP contribution in [-0.2, 0) is 17.6 Å². The van der Waals surface area contributed by atoms with Crippen LogP contribution in [0.3, 0.4) is 0 Å². The number of aromatic nitrogens is 3. The summed E-state index contributed by atoms with van der Waals surface area (Å²) in [7, 11) is 0. The fourth-order valence-corrected chi connectivity index (χ4v) is 5.92. The maximum absolute atomic E-state index is 15.3. The molecule has 0 radical (unpaired) electrons. The molecule has 2 aliphatic heterocycles. The van der Waals surface area contributed by atoms with Gasteiger partial charge in [0.25, 0.3) is 5.91 Å². The SMILES string of the molecule is CCc1cc(C(=O)N2CCCCCC2C)nc2cc(-c3ccc(CC(=S)CCC4CCCO4)cc3F)nn12. The van der Waals surface area contributed by atoms with Gasteiger partial charge in [0, 0.05) is 42.9 Å². The summed E-state index contributed by atoms with van der Waals surface area (Å²) in [6.45, 7) is 5.74. The summed E-state index contributed by atoms with van der Waals surface area (Å²) in [5, 5.41) is 4.67. The average molecular weight is 537 g/mol. The van der Waals surface area contributed by atoms with Gasteiger partial charge in [-0.1, -0.05) is 38.0 Å². The van der Waals surface area contributed by atoms with Gasteiger partial charge in [-0.25, -0.2) is 13.9 Å². The fraction of sp³-hybridized carbons (Fsp3) is 0.533. The van der Waals surface area contributed by atoms with Gasteiger partial charge in [0.2, 0.25) is 0 Å². The first kappa shape index (κ1) is 26.9. The van der Waals surface area contributed by atoms with E-state index in [0.29, 0.717) is 41.5 Å². The summed E-state index contributed by atoms with van der Waals surface area (Å²) >= 11 is 5.57. The largest absolute Gasteiger partial charge is 0.378 e. The number of aryl methyl sites for hydroxylation is 1. The minimum Gasteiger partial charge on any atom is -0.378 e. The molecule has 0 aliphatic carbocycles. The molecule has 0 saturated carbocycles. The Labute approximate surface area is 229 Å². The van der Waals surface area contributed by atoms with Crippen molar-refractivity contribution < 1.29 is 13.9 Å². The minimum absolute atomic E-state index is 0.0367. The lowest BCUT2D eigenvalue weighted by Crippen LogP contribution is -2.38. The molecule has 2 aromatic heterocycles. The standard InChI is InChI=1S/C30H37FN4O2S/c1-3-22-18-28(30(36)34-14-6-4-5-8-20(34)2)32-29-19-27(33-35(22)29)25-13-10-21(17-26(25)31)16-24(38)12-11-23-9-7-15-37-23/h10,13,17-20,23H,3-9,11-12,14-16H2,1-2H3. The first-order chi connectivity index (χ1) is 18.4. The molecule has 3 aromatic rings. The van der Waals surface area contributed by atoms with E-state index in [0.717, 1.165) is 80.6 Å². The van der Waals surface area contributed by atoms with E-state index < -0.39 is 0 Å². The normalized spacial score (nSPS) is 20.1. The number of likely N-dealkylation sites (tertiary alicyclic amines) is 1. The zero-order valence-electron chi connectivity index (χ0n) is 22.4. The molecule has 2 atom stereocenters. The van der Waals surface area contributed by atoms with Crippen LogP contribution < -0.4 is 0 Å². The van der Waals surface area contributed by atoms with E-state index >= 15 is 4.39 Å². The van der Waals surface area contributed by atoms with Crippen LogP contribution in [0.25, 0.3) is 16.9 Å². The zero-order chi connectivity index (χ0) is 26.6. The van der Waals surface area contributed by atoms with Crippen LogP contribution in [0.2, 0.25) is 0 Å². The lowest BCUT2D eigenvalue weighted by molar-refractivity contribution is 0.0691. The Morgan fingerprint density at radius 1 is 1.16 bits per heavy atom. The molecular formula is C30H37FN4O2S. The first-order valence-electron chi connectivity index (χ1n) is 14.1. The third-order valence-corrected chi connectivity index (χ3v) is 8.22. The van der Waals surface area contributed by atoms with Crippen molar-refractivity contribution in [1.82, 2.24) is 19.5 Å². The highest BCUT2D eigenvalue weighted by Crippen LogP contribution is 2.26. The molecule has 2 unspecified atom stereocenters. The molecule has 202 valence electrons. The van der Waals surface area contributed by atoms with Crippen molar-refractivity contribution in [2.45, 2.75) is 90.2 Å². The van der Waals surface area contributed by atoms with Crippen LogP contribution in [0.5, 0.6) is 0 Å². The summed E-state index contributed by atoms with van der Waals surface area (Å²) in [5.74, 6) is -0.370. The number of carbonyl (C=O) groups is 1. The quantitative estimate of drug-likeness (QED) is 0.313. The molecule has 38 heavy (non-hydrogen) atoms. The topological polar surface area (TPSA) is 59.7 Å². The zero-order valence-corrected chi connectivity index (χ0v) is 23.2. The number of carbonyl (C=O) groups excluding carboxylic acids is 1. The third-order valence-electron chi connectivity index (χ3n) is 7.88. The Balaban J connectivity index is 1.35. The molecule has 5 rings (SSSR count). The van der Waals surface area contributed by atoms with Crippen LogP contribution >= 0.6 is 12.2 Å².